The van der Waals surface area contributed by atoms with E-state index in [0.717, 1.165) is 0 Å². The van der Waals surface area contributed by atoms with Crippen molar-refractivity contribution in [3.05, 3.63) is 52.4 Å². The highest BCUT2D eigenvalue weighted by Crippen LogP contribution is 2.33. The molecule has 1 aromatic carbocycles. The van der Waals surface area contributed by atoms with Crippen LogP contribution in [0.2, 0.25) is 10.0 Å². The second kappa shape index (κ2) is 5.67. The summed E-state index contributed by atoms with van der Waals surface area (Å²) in [5, 5.41) is 11.0. The summed E-state index contributed by atoms with van der Waals surface area (Å²) in [6.07, 6.45) is 4.29. The minimum Gasteiger partial charge on any atom is -0.382 e. The van der Waals surface area contributed by atoms with Gasteiger partial charge in [-0.2, -0.15) is 0 Å². The van der Waals surface area contributed by atoms with E-state index in [4.69, 9.17) is 23.2 Å². The molecule has 0 amide bonds. The normalized spacial score (nSPS) is 11.9. The van der Waals surface area contributed by atoms with Gasteiger partial charge in [0.25, 0.3) is 0 Å². The predicted octanol–water partition coefficient (Wildman–Crippen LogP) is 4.37. The molecular formula is C16H12Cl2FN3O. The lowest BCUT2D eigenvalue weighted by Gasteiger charge is -2.15. The zero-order chi connectivity index (χ0) is 16.8. The summed E-state index contributed by atoms with van der Waals surface area (Å²) >= 11 is 12.1. The zero-order valence-corrected chi connectivity index (χ0v) is 13.8. The van der Waals surface area contributed by atoms with Crippen LogP contribution in [0.3, 0.4) is 0 Å². The fourth-order valence-electron chi connectivity index (χ4n) is 2.16. The number of aliphatic hydroxyl groups is 1. The van der Waals surface area contributed by atoms with Crippen molar-refractivity contribution in [3.8, 4) is 11.1 Å². The number of halogens is 3. The van der Waals surface area contributed by atoms with Crippen LogP contribution < -0.4 is 0 Å². The first kappa shape index (κ1) is 16.1. The molecule has 0 aliphatic carbocycles. The van der Waals surface area contributed by atoms with Crippen molar-refractivity contribution in [1.29, 1.82) is 0 Å². The van der Waals surface area contributed by atoms with Gasteiger partial charge in [0.2, 0.25) is 0 Å². The lowest BCUT2D eigenvalue weighted by Crippen LogP contribution is -2.19. The Bertz CT molecular complexity index is 892. The van der Waals surface area contributed by atoms with Crippen molar-refractivity contribution in [2.45, 2.75) is 19.4 Å². The number of fused-ring (bicyclic) bond motifs is 1. The Labute approximate surface area is 141 Å². The Hall–Kier alpha value is -1.82. The fourth-order valence-corrected chi connectivity index (χ4v) is 2.51. The number of hydrogen-bond acceptors (Lipinski definition) is 4. The maximum atomic E-state index is 14.4. The lowest BCUT2D eigenvalue weighted by atomic mass is 10.0. The van der Waals surface area contributed by atoms with Gasteiger partial charge in [0.1, 0.15) is 11.4 Å². The van der Waals surface area contributed by atoms with Gasteiger partial charge in [0.15, 0.2) is 5.82 Å². The molecule has 0 saturated heterocycles. The van der Waals surface area contributed by atoms with E-state index in [1.807, 2.05) is 0 Å². The van der Waals surface area contributed by atoms with E-state index >= 15 is 0 Å². The number of pyridine rings is 1. The highest BCUT2D eigenvalue weighted by atomic mass is 35.5. The molecule has 3 rings (SSSR count). The van der Waals surface area contributed by atoms with Crippen LogP contribution in [0.25, 0.3) is 22.0 Å². The molecule has 118 valence electrons. The molecule has 1 N–H and O–H groups in total. The third-order valence-electron chi connectivity index (χ3n) is 3.36. The molecule has 0 aliphatic heterocycles. The summed E-state index contributed by atoms with van der Waals surface area (Å²) in [5.41, 5.74) is -0.00446. The van der Waals surface area contributed by atoms with Gasteiger partial charge in [-0.15, -0.1) is 0 Å². The molecule has 0 aliphatic rings. The van der Waals surface area contributed by atoms with Crippen molar-refractivity contribution in [3.63, 3.8) is 0 Å². The van der Waals surface area contributed by atoms with Crippen molar-refractivity contribution >= 4 is 34.1 Å². The van der Waals surface area contributed by atoms with Gasteiger partial charge in [-0.1, -0.05) is 23.2 Å². The minimum atomic E-state index is -1.17. The van der Waals surface area contributed by atoms with Crippen LogP contribution in [-0.2, 0) is 5.60 Å². The van der Waals surface area contributed by atoms with Crippen LogP contribution in [0.4, 0.5) is 4.39 Å². The highest BCUT2D eigenvalue weighted by Gasteiger charge is 2.20. The Morgan fingerprint density at radius 2 is 1.70 bits per heavy atom. The fraction of sp³-hybridized carbons (Fsp3) is 0.188. The van der Waals surface area contributed by atoms with E-state index in [0.29, 0.717) is 26.5 Å². The van der Waals surface area contributed by atoms with Crippen molar-refractivity contribution < 1.29 is 9.50 Å². The maximum absolute atomic E-state index is 14.4. The van der Waals surface area contributed by atoms with E-state index in [1.165, 1.54) is 24.7 Å². The van der Waals surface area contributed by atoms with Crippen molar-refractivity contribution in [1.82, 2.24) is 15.0 Å². The number of aromatic nitrogens is 3. The van der Waals surface area contributed by atoms with Crippen LogP contribution in [-0.4, -0.2) is 20.1 Å². The Balaban J connectivity index is 2.16. The van der Waals surface area contributed by atoms with E-state index < -0.39 is 11.4 Å². The largest absolute Gasteiger partial charge is 0.382 e. The van der Waals surface area contributed by atoms with Crippen LogP contribution in [0, 0.1) is 5.82 Å². The molecule has 3 aromatic rings. The van der Waals surface area contributed by atoms with Gasteiger partial charge in [-0.25, -0.2) is 14.4 Å². The van der Waals surface area contributed by atoms with Gasteiger partial charge < -0.3 is 5.11 Å². The molecular weight excluding hydrogens is 340 g/mol. The summed E-state index contributed by atoms with van der Waals surface area (Å²) in [6, 6.07) is 2.85. The molecule has 2 aromatic heterocycles. The molecule has 23 heavy (non-hydrogen) atoms. The maximum Gasteiger partial charge on any atom is 0.159 e. The molecule has 0 radical (unpaired) electrons. The third-order valence-corrected chi connectivity index (χ3v) is 4.15. The van der Waals surface area contributed by atoms with E-state index in [2.05, 4.69) is 15.0 Å². The van der Waals surface area contributed by atoms with Gasteiger partial charge in [-0.05, 0) is 19.9 Å². The Morgan fingerprint density at radius 3 is 2.30 bits per heavy atom. The first-order valence-corrected chi connectivity index (χ1v) is 7.51. The molecule has 7 heteroatoms. The molecule has 0 fully saturated rings. The number of benzene rings is 1. The van der Waals surface area contributed by atoms with Crippen molar-refractivity contribution in [2.24, 2.45) is 0 Å². The topological polar surface area (TPSA) is 58.9 Å². The van der Waals surface area contributed by atoms with E-state index in [1.54, 1.807) is 19.9 Å². The standard InChI is InChI=1S/C16H12Cl2FN3O/c1-16(2,23)15-21-5-8(6-22-15)9-3-10-13(4-12(9)19)20-7-11(17)14(10)18/h3-7,23H,1-2H3. The van der Waals surface area contributed by atoms with E-state index in [9.17, 15) is 9.50 Å². The molecule has 0 saturated carbocycles. The quantitative estimate of drug-likeness (QED) is 0.744. The predicted molar refractivity (Wildman–Crippen MR) is 88.0 cm³/mol. The number of hydrogen-bond donors (Lipinski definition) is 1. The second-order valence-corrected chi connectivity index (χ2v) is 6.41. The smallest absolute Gasteiger partial charge is 0.159 e. The second-order valence-electron chi connectivity index (χ2n) is 5.62. The summed E-state index contributed by atoms with van der Waals surface area (Å²) in [6.45, 7) is 3.15. The van der Waals surface area contributed by atoms with Crippen LogP contribution >= 0.6 is 23.2 Å². The summed E-state index contributed by atoms with van der Waals surface area (Å²) in [7, 11) is 0. The summed E-state index contributed by atoms with van der Waals surface area (Å²) in [5.74, 6) is -0.215. The van der Waals surface area contributed by atoms with Gasteiger partial charge in [0, 0.05) is 41.2 Å². The number of nitrogens with zero attached hydrogens (tertiary/aromatic N) is 3. The minimum absolute atomic E-state index is 0.255. The zero-order valence-electron chi connectivity index (χ0n) is 12.3. The molecule has 2 heterocycles. The highest BCUT2D eigenvalue weighted by molar-refractivity contribution is 6.45. The molecule has 4 nitrogen and oxygen atoms in total. The summed E-state index contributed by atoms with van der Waals surface area (Å²) in [4.78, 5) is 12.2. The van der Waals surface area contributed by atoms with Crippen molar-refractivity contribution in [2.75, 3.05) is 0 Å². The first-order chi connectivity index (χ1) is 10.8. The van der Waals surface area contributed by atoms with E-state index in [-0.39, 0.29) is 11.4 Å². The third kappa shape index (κ3) is 3.00. The molecule has 0 atom stereocenters. The van der Waals surface area contributed by atoms with Crippen LogP contribution in [0.1, 0.15) is 19.7 Å². The monoisotopic (exact) mass is 351 g/mol. The molecule has 0 unspecified atom stereocenters. The van der Waals surface area contributed by atoms with Gasteiger partial charge in [-0.3, -0.25) is 4.98 Å². The van der Waals surface area contributed by atoms with Crippen LogP contribution in [0.5, 0.6) is 0 Å². The summed E-state index contributed by atoms with van der Waals surface area (Å²) < 4.78 is 14.4. The molecule has 0 bridgehead atoms. The SMILES string of the molecule is CC(C)(O)c1ncc(-c2cc3c(Cl)c(Cl)cnc3cc2F)cn1. The van der Waals surface area contributed by atoms with Gasteiger partial charge in [0.05, 0.1) is 15.6 Å². The van der Waals surface area contributed by atoms with Crippen LogP contribution in [0.15, 0.2) is 30.7 Å². The molecule has 0 spiro atoms. The average Bonchev–Trinajstić information content (AvgIpc) is 2.50. The first-order valence-electron chi connectivity index (χ1n) is 6.76. The van der Waals surface area contributed by atoms with Gasteiger partial charge >= 0.3 is 0 Å². The number of rotatable bonds is 2. The Morgan fingerprint density at radius 1 is 1.04 bits per heavy atom. The lowest BCUT2D eigenvalue weighted by molar-refractivity contribution is 0.0687. The average molecular weight is 352 g/mol. The Kier molecular flexibility index (Phi) is 3.96.